The smallest absolute Gasteiger partial charge is 0.466 e. The number of ether oxygens (including phenoxy) is 3. The van der Waals surface area contributed by atoms with Crippen LogP contribution in [-0.2, 0) is 19.0 Å². The van der Waals surface area contributed by atoms with Gasteiger partial charge in [-0.1, -0.05) is 13.3 Å². The van der Waals surface area contributed by atoms with Crippen molar-refractivity contribution in [1.29, 1.82) is 0 Å². The highest BCUT2D eigenvalue weighted by Gasteiger charge is 1.89. The topological polar surface area (TPSA) is 61.8 Å². The van der Waals surface area contributed by atoms with Crippen LogP contribution in [0.4, 0.5) is 4.79 Å². The van der Waals surface area contributed by atoms with Crippen molar-refractivity contribution < 1.29 is 23.8 Å². The fraction of sp³-hybridized carbons (Fsp3) is 0.778. The SMILES string of the molecule is CCCCOC(C)=O.COC(=O)OC. The van der Waals surface area contributed by atoms with Gasteiger partial charge in [-0.15, -0.1) is 0 Å². The van der Waals surface area contributed by atoms with Crippen LogP contribution in [-0.4, -0.2) is 33.0 Å². The van der Waals surface area contributed by atoms with E-state index in [1.807, 2.05) is 0 Å². The number of hydrogen-bond donors (Lipinski definition) is 0. The van der Waals surface area contributed by atoms with Crippen molar-refractivity contribution in [2.75, 3.05) is 20.8 Å². The monoisotopic (exact) mass is 206 g/mol. The summed E-state index contributed by atoms with van der Waals surface area (Å²) in [7, 11) is 2.51. The Morgan fingerprint density at radius 2 is 1.64 bits per heavy atom. The number of carbonyl (C=O) groups excluding carboxylic acids is 2. The molecule has 0 heterocycles. The zero-order chi connectivity index (χ0) is 11.4. The molecule has 5 heteroatoms. The van der Waals surface area contributed by atoms with Crippen LogP contribution in [0.3, 0.4) is 0 Å². The van der Waals surface area contributed by atoms with Crippen LogP contribution in [0.2, 0.25) is 0 Å². The van der Waals surface area contributed by atoms with Crippen LogP contribution < -0.4 is 0 Å². The molecule has 0 rings (SSSR count). The highest BCUT2D eigenvalue weighted by molar-refractivity contribution is 5.65. The van der Waals surface area contributed by atoms with Gasteiger partial charge in [-0.3, -0.25) is 4.79 Å². The third-order valence-electron chi connectivity index (χ3n) is 1.14. The van der Waals surface area contributed by atoms with E-state index >= 15 is 0 Å². The first-order chi connectivity index (χ1) is 6.58. The van der Waals surface area contributed by atoms with E-state index in [0.717, 1.165) is 12.8 Å². The number of rotatable bonds is 3. The van der Waals surface area contributed by atoms with Crippen molar-refractivity contribution in [3.05, 3.63) is 0 Å². The van der Waals surface area contributed by atoms with Gasteiger partial charge in [-0.05, 0) is 6.42 Å². The minimum absolute atomic E-state index is 0.182. The summed E-state index contributed by atoms with van der Waals surface area (Å²) in [4.78, 5) is 19.8. The molecule has 0 aromatic heterocycles. The van der Waals surface area contributed by atoms with Crippen molar-refractivity contribution in [1.82, 2.24) is 0 Å². The maximum absolute atomic E-state index is 10.1. The first-order valence-electron chi connectivity index (χ1n) is 4.33. The fourth-order valence-corrected chi connectivity index (χ4v) is 0.444. The Kier molecular flexibility index (Phi) is 12.8. The lowest BCUT2D eigenvalue weighted by Gasteiger charge is -1.96. The highest BCUT2D eigenvalue weighted by Crippen LogP contribution is 1.86. The fourth-order valence-electron chi connectivity index (χ4n) is 0.444. The van der Waals surface area contributed by atoms with E-state index in [1.54, 1.807) is 0 Å². The lowest BCUT2D eigenvalue weighted by Crippen LogP contribution is -1.99. The van der Waals surface area contributed by atoms with Crippen molar-refractivity contribution in [3.8, 4) is 0 Å². The number of esters is 1. The molecular weight excluding hydrogens is 188 g/mol. The van der Waals surface area contributed by atoms with Gasteiger partial charge in [-0.2, -0.15) is 0 Å². The summed E-state index contributed by atoms with van der Waals surface area (Å²) >= 11 is 0. The minimum atomic E-state index is -0.657. The first kappa shape index (κ1) is 15.2. The minimum Gasteiger partial charge on any atom is -0.466 e. The van der Waals surface area contributed by atoms with Gasteiger partial charge in [0.1, 0.15) is 0 Å². The van der Waals surface area contributed by atoms with Gasteiger partial charge in [-0.25, -0.2) is 4.79 Å². The molecule has 0 aliphatic heterocycles. The predicted octanol–water partition coefficient (Wildman–Crippen LogP) is 1.75. The molecule has 84 valence electrons. The van der Waals surface area contributed by atoms with Gasteiger partial charge in [0.05, 0.1) is 20.8 Å². The maximum Gasteiger partial charge on any atom is 0.507 e. The molecule has 5 nitrogen and oxygen atoms in total. The second-order valence-electron chi connectivity index (χ2n) is 2.35. The second kappa shape index (κ2) is 11.7. The molecule has 0 spiro atoms. The molecule has 0 aromatic rings. The van der Waals surface area contributed by atoms with Crippen molar-refractivity contribution in [2.45, 2.75) is 26.7 Å². The Bertz CT molecular complexity index is 149. The molecule has 0 aliphatic carbocycles. The lowest BCUT2D eigenvalue weighted by molar-refractivity contribution is -0.141. The van der Waals surface area contributed by atoms with Crippen LogP contribution in [0, 0.1) is 0 Å². The Labute approximate surface area is 84.3 Å². The molecule has 0 fully saturated rings. The summed E-state index contributed by atoms with van der Waals surface area (Å²) in [5.74, 6) is -0.182. The average molecular weight is 206 g/mol. The predicted molar refractivity (Wildman–Crippen MR) is 51.0 cm³/mol. The van der Waals surface area contributed by atoms with Crippen LogP contribution in [0.5, 0.6) is 0 Å². The highest BCUT2D eigenvalue weighted by atomic mass is 16.7. The lowest BCUT2D eigenvalue weighted by atomic mass is 10.4. The molecule has 0 aliphatic rings. The van der Waals surface area contributed by atoms with Gasteiger partial charge in [0, 0.05) is 6.92 Å². The normalized spacial score (nSPS) is 8.00. The van der Waals surface area contributed by atoms with E-state index < -0.39 is 6.16 Å². The largest absolute Gasteiger partial charge is 0.507 e. The van der Waals surface area contributed by atoms with E-state index in [9.17, 15) is 9.59 Å². The van der Waals surface area contributed by atoms with Crippen molar-refractivity contribution in [2.24, 2.45) is 0 Å². The Balaban J connectivity index is 0. The van der Waals surface area contributed by atoms with Crippen LogP contribution in [0.1, 0.15) is 26.7 Å². The van der Waals surface area contributed by atoms with E-state index in [-0.39, 0.29) is 5.97 Å². The zero-order valence-corrected chi connectivity index (χ0v) is 9.16. The molecule has 0 bridgehead atoms. The van der Waals surface area contributed by atoms with Crippen molar-refractivity contribution >= 4 is 12.1 Å². The summed E-state index contributed by atoms with van der Waals surface area (Å²) in [6, 6.07) is 0. The third kappa shape index (κ3) is 17.0. The third-order valence-corrected chi connectivity index (χ3v) is 1.14. The van der Waals surface area contributed by atoms with Crippen LogP contribution in [0.25, 0.3) is 0 Å². The molecule has 0 aromatic carbocycles. The van der Waals surface area contributed by atoms with Gasteiger partial charge in [0.2, 0.25) is 0 Å². The molecule has 0 saturated heterocycles. The maximum atomic E-state index is 10.1. The molecule has 0 atom stereocenters. The number of carbonyl (C=O) groups is 2. The number of methoxy groups -OCH3 is 2. The molecule has 0 unspecified atom stereocenters. The molecule has 0 radical (unpaired) electrons. The van der Waals surface area contributed by atoms with Gasteiger partial charge < -0.3 is 14.2 Å². The number of unbranched alkanes of at least 4 members (excludes halogenated alkanes) is 1. The Morgan fingerprint density at radius 3 is 1.86 bits per heavy atom. The molecule has 0 N–H and O–H groups in total. The Morgan fingerprint density at radius 1 is 1.14 bits per heavy atom. The molecule has 14 heavy (non-hydrogen) atoms. The summed E-state index contributed by atoms with van der Waals surface area (Å²) in [6.07, 6.45) is 1.39. The zero-order valence-electron chi connectivity index (χ0n) is 9.16. The Hall–Kier alpha value is -1.26. The summed E-state index contributed by atoms with van der Waals surface area (Å²) in [6.45, 7) is 4.06. The summed E-state index contributed by atoms with van der Waals surface area (Å²) in [5.41, 5.74) is 0. The van der Waals surface area contributed by atoms with E-state index in [0.29, 0.717) is 6.61 Å². The van der Waals surface area contributed by atoms with Crippen LogP contribution in [0.15, 0.2) is 0 Å². The van der Waals surface area contributed by atoms with Crippen LogP contribution >= 0.6 is 0 Å². The second-order valence-corrected chi connectivity index (χ2v) is 2.35. The molecule has 0 saturated carbocycles. The molecular formula is C9H18O5. The standard InChI is InChI=1S/C6H12O2.C3H6O3/c1-3-4-5-8-6(2)7;1-5-3(4)6-2/h3-5H2,1-2H3;1-2H3. The van der Waals surface area contributed by atoms with Gasteiger partial charge in [0.15, 0.2) is 0 Å². The van der Waals surface area contributed by atoms with Crippen molar-refractivity contribution in [3.63, 3.8) is 0 Å². The summed E-state index contributed by atoms with van der Waals surface area (Å²) < 4.78 is 12.7. The van der Waals surface area contributed by atoms with E-state index in [4.69, 9.17) is 0 Å². The average Bonchev–Trinajstić information content (AvgIpc) is 2.17. The molecule has 0 amide bonds. The first-order valence-corrected chi connectivity index (χ1v) is 4.33. The van der Waals surface area contributed by atoms with E-state index in [2.05, 4.69) is 21.1 Å². The number of hydrogen-bond acceptors (Lipinski definition) is 5. The van der Waals surface area contributed by atoms with E-state index in [1.165, 1.54) is 21.1 Å². The quantitative estimate of drug-likeness (QED) is 0.520. The van der Waals surface area contributed by atoms with Gasteiger partial charge in [0.25, 0.3) is 0 Å². The summed E-state index contributed by atoms with van der Waals surface area (Å²) in [5, 5.41) is 0. The van der Waals surface area contributed by atoms with Gasteiger partial charge >= 0.3 is 12.1 Å².